The van der Waals surface area contributed by atoms with E-state index in [2.05, 4.69) is 114 Å². The summed E-state index contributed by atoms with van der Waals surface area (Å²) in [6.45, 7) is 16.8. The Morgan fingerprint density at radius 3 is 1.91 bits per heavy atom. The highest BCUT2D eigenvalue weighted by atomic mass is 16.5. The van der Waals surface area contributed by atoms with Crippen LogP contribution < -0.4 is 0 Å². The SMILES string of the molecule is CC(=O)O[C@H]1CC[C@]2(C)[C@H]3CC[C@]4(C)[C@@H](C(C)=CC=C(c5ccccc5)c5ccccc5)CC[C@@]4(C)[C@@H]3CC[C@H]2C1(C)C. The molecule has 0 heterocycles. The first-order valence-corrected chi connectivity index (χ1v) is 17.1. The molecule has 0 saturated heterocycles. The minimum atomic E-state index is -0.119. The van der Waals surface area contributed by atoms with Gasteiger partial charge < -0.3 is 4.74 Å². The molecule has 4 fully saturated rings. The standard InChI is InChI=1S/C41H54O2/c1-28(18-19-32(30-14-10-8-11-15-30)31-16-12-9-13-17-31)33-22-26-41(7)35-20-21-36-38(3,4)37(43-29(2)42)24-25-39(36,5)34(35)23-27-40(33,41)6/h8-19,33-37H,20-27H2,1-7H3/t33-,34+,35-,36+,37+,39-,40-,41+/m1/s1. The second-order valence-corrected chi connectivity index (χ2v) is 16.0. The second-order valence-electron chi connectivity index (χ2n) is 16.0. The molecule has 2 nitrogen and oxygen atoms in total. The van der Waals surface area contributed by atoms with Gasteiger partial charge in [0, 0.05) is 12.3 Å². The highest BCUT2D eigenvalue weighted by Gasteiger charge is 2.67. The van der Waals surface area contributed by atoms with Gasteiger partial charge in [0.25, 0.3) is 0 Å². The van der Waals surface area contributed by atoms with E-state index in [1.807, 2.05) is 0 Å². The quantitative estimate of drug-likeness (QED) is 0.261. The van der Waals surface area contributed by atoms with Gasteiger partial charge in [-0.3, -0.25) is 4.79 Å². The van der Waals surface area contributed by atoms with Crippen molar-refractivity contribution in [2.45, 2.75) is 106 Å². The van der Waals surface area contributed by atoms with Crippen LogP contribution in [0.25, 0.3) is 5.57 Å². The third-order valence-electron chi connectivity index (χ3n) is 13.9. The Labute approximate surface area is 261 Å². The Hall–Kier alpha value is -2.61. The first kappa shape index (κ1) is 30.4. The minimum Gasteiger partial charge on any atom is -0.462 e. The van der Waals surface area contributed by atoms with Gasteiger partial charge in [-0.05, 0) is 115 Å². The van der Waals surface area contributed by atoms with Crippen LogP contribution in [0.2, 0.25) is 0 Å². The van der Waals surface area contributed by atoms with Gasteiger partial charge in [0.2, 0.25) is 0 Å². The Morgan fingerprint density at radius 2 is 1.30 bits per heavy atom. The Morgan fingerprint density at radius 1 is 0.698 bits per heavy atom. The van der Waals surface area contributed by atoms with Crippen molar-refractivity contribution in [3.8, 4) is 0 Å². The number of allylic oxidation sites excluding steroid dienone is 3. The van der Waals surface area contributed by atoms with Crippen LogP contribution in [-0.4, -0.2) is 12.1 Å². The lowest BCUT2D eigenvalue weighted by molar-refractivity contribution is -0.207. The molecule has 43 heavy (non-hydrogen) atoms. The van der Waals surface area contributed by atoms with E-state index in [-0.39, 0.29) is 17.5 Å². The van der Waals surface area contributed by atoms with Gasteiger partial charge >= 0.3 is 5.97 Å². The van der Waals surface area contributed by atoms with E-state index in [0.29, 0.717) is 28.1 Å². The summed E-state index contributed by atoms with van der Waals surface area (Å²) in [5.74, 6) is 2.68. The Balaban J connectivity index is 1.28. The highest BCUT2D eigenvalue weighted by molar-refractivity contribution is 5.80. The summed E-state index contributed by atoms with van der Waals surface area (Å²) in [5, 5.41) is 0. The minimum absolute atomic E-state index is 0.0321. The molecule has 2 aromatic carbocycles. The molecule has 0 radical (unpaired) electrons. The van der Waals surface area contributed by atoms with E-state index in [4.69, 9.17) is 4.74 Å². The first-order chi connectivity index (χ1) is 20.4. The van der Waals surface area contributed by atoms with Crippen LogP contribution in [0.1, 0.15) is 111 Å². The van der Waals surface area contributed by atoms with Crippen molar-refractivity contribution >= 4 is 11.5 Å². The maximum atomic E-state index is 12.0. The lowest BCUT2D eigenvalue weighted by Crippen LogP contribution is -2.61. The summed E-state index contributed by atoms with van der Waals surface area (Å²) in [6, 6.07) is 21.7. The molecule has 4 saturated carbocycles. The van der Waals surface area contributed by atoms with Crippen molar-refractivity contribution < 1.29 is 9.53 Å². The molecular formula is C41H54O2. The maximum Gasteiger partial charge on any atom is 0.302 e. The number of carbonyl (C=O) groups is 1. The van der Waals surface area contributed by atoms with E-state index in [1.165, 1.54) is 61.6 Å². The van der Waals surface area contributed by atoms with E-state index in [1.54, 1.807) is 12.5 Å². The molecule has 4 aliphatic rings. The smallest absolute Gasteiger partial charge is 0.302 e. The van der Waals surface area contributed by atoms with Crippen molar-refractivity contribution in [1.82, 2.24) is 0 Å². The summed E-state index contributed by atoms with van der Waals surface area (Å²) < 4.78 is 5.93. The molecule has 0 unspecified atom stereocenters. The van der Waals surface area contributed by atoms with Crippen molar-refractivity contribution in [2.75, 3.05) is 0 Å². The van der Waals surface area contributed by atoms with Crippen LogP contribution in [0.15, 0.2) is 78.4 Å². The fourth-order valence-electron chi connectivity index (χ4n) is 11.5. The predicted octanol–water partition coefficient (Wildman–Crippen LogP) is 10.7. The number of carbonyl (C=O) groups excluding carboxylic acids is 1. The number of benzene rings is 2. The second kappa shape index (κ2) is 11.1. The monoisotopic (exact) mass is 578 g/mol. The van der Waals surface area contributed by atoms with E-state index >= 15 is 0 Å². The van der Waals surface area contributed by atoms with Gasteiger partial charge in [0.1, 0.15) is 6.10 Å². The molecule has 8 atom stereocenters. The average molecular weight is 579 g/mol. The van der Waals surface area contributed by atoms with E-state index in [0.717, 1.165) is 18.3 Å². The maximum absolute atomic E-state index is 12.0. The number of hydrogen-bond donors (Lipinski definition) is 0. The third kappa shape index (κ3) is 4.87. The Bertz CT molecular complexity index is 1340. The number of rotatable bonds is 5. The summed E-state index contributed by atoms with van der Waals surface area (Å²) in [6.07, 6.45) is 15.0. The molecule has 230 valence electrons. The van der Waals surface area contributed by atoms with Crippen molar-refractivity contribution in [1.29, 1.82) is 0 Å². The summed E-state index contributed by atoms with van der Waals surface area (Å²) in [4.78, 5) is 12.0. The van der Waals surface area contributed by atoms with Crippen LogP contribution in [0.4, 0.5) is 0 Å². The summed E-state index contributed by atoms with van der Waals surface area (Å²) in [7, 11) is 0. The van der Waals surface area contributed by atoms with Crippen molar-refractivity contribution in [3.63, 3.8) is 0 Å². The van der Waals surface area contributed by atoms with E-state index < -0.39 is 0 Å². The van der Waals surface area contributed by atoms with Crippen LogP contribution in [0, 0.1) is 45.3 Å². The zero-order valence-electron chi connectivity index (χ0n) is 27.8. The van der Waals surface area contributed by atoms with Crippen molar-refractivity contribution in [3.05, 3.63) is 89.5 Å². The van der Waals surface area contributed by atoms with Crippen LogP contribution in [0.3, 0.4) is 0 Å². The fourth-order valence-corrected chi connectivity index (χ4v) is 11.5. The van der Waals surface area contributed by atoms with Gasteiger partial charge in [-0.25, -0.2) is 0 Å². The summed E-state index contributed by atoms with van der Waals surface area (Å²) in [5.41, 5.74) is 6.46. The topological polar surface area (TPSA) is 26.3 Å². The molecule has 0 aromatic heterocycles. The Kier molecular flexibility index (Phi) is 7.84. The first-order valence-electron chi connectivity index (χ1n) is 17.1. The average Bonchev–Trinajstić information content (AvgIpc) is 3.27. The largest absolute Gasteiger partial charge is 0.462 e. The molecule has 0 aliphatic heterocycles. The fraction of sp³-hybridized carbons (Fsp3) is 0.585. The van der Waals surface area contributed by atoms with Crippen LogP contribution in [0.5, 0.6) is 0 Å². The number of fused-ring (bicyclic) bond motifs is 5. The van der Waals surface area contributed by atoms with Crippen LogP contribution >= 0.6 is 0 Å². The normalized spacial score (nSPS) is 38.3. The lowest BCUT2D eigenvalue weighted by Gasteiger charge is -2.67. The molecule has 0 bridgehead atoms. The molecule has 2 heteroatoms. The lowest BCUT2D eigenvalue weighted by atomic mass is 9.38. The molecule has 0 amide bonds. The molecule has 0 N–H and O–H groups in total. The van der Waals surface area contributed by atoms with Gasteiger partial charge in [0.15, 0.2) is 0 Å². The third-order valence-corrected chi connectivity index (χ3v) is 13.9. The molecule has 2 aromatic rings. The predicted molar refractivity (Wildman–Crippen MR) is 178 cm³/mol. The highest BCUT2D eigenvalue weighted by Crippen LogP contribution is 2.74. The van der Waals surface area contributed by atoms with Crippen LogP contribution in [-0.2, 0) is 9.53 Å². The zero-order chi connectivity index (χ0) is 30.6. The van der Waals surface area contributed by atoms with Gasteiger partial charge in [-0.15, -0.1) is 0 Å². The summed E-state index contributed by atoms with van der Waals surface area (Å²) >= 11 is 0. The van der Waals surface area contributed by atoms with Gasteiger partial charge in [-0.1, -0.05) is 113 Å². The number of ether oxygens (including phenoxy) is 1. The number of hydrogen-bond acceptors (Lipinski definition) is 2. The molecule has 4 aliphatic carbocycles. The molecule has 0 spiro atoms. The van der Waals surface area contributed by atoms with E-state index in [9.17, 15) is 4.79 Å². The number of esters is 1. The van der Waals surface area contributed by atoms with Gasteiger partial charge in [0.05, 0.1) is 0 Å². The zero-order valence-corrected chi connectivity index (χ0v) is 27.8. The molecule has 6 rings (SSSR count). The molecular weight excluding hydrogens is 524 g/mol. The van der Waals surface area contributed by atoms with Crippen molar-refractivity contribution in [2.24, 2.45) is 45.3 Å². The van der Waals surface area contributed by atoms with Gasteiger partial charge in [-0.2, -0.15) is 0 Å².